The van der Waals surface area contributed by atoms with E-state index < -0.39 is 6.04 Å². The van der Waals surface area contributed by atoms with E-state index in [-0.39, 0.29) is 11.7 Å². The van der Waals surface area contributed by atoms with E-state index >= 15 is 0 Å². The zero-order valence-electron chi connectivity index (χ0n) is 22.0. The highest BCUT2D eigenvalue weighted by molar-refractivity contribution is 7.98. The number of carbonyl (C=O) groups is 1. The van der Waals surface area contributed by atoms with Gasteiger partial charge < -0.3 is 5.32 Å². The molecule has 1 fully saturated rings. The number of carbonyl (C=O) groups excluding carboxylic acids is 1. The Kier molecular flexibility index (Phi) is 9.79. The molecule has 1 N–H and O–H groups in total. The molecule has 0 spiro atoms. The van der Waals surface area contributed by atoms with Crippen molar-refractivity contribution in [3.05, 3.63) is 106 Å². The van der Waals surface area contributed by atoms with E-state index in [2.05, 4.69) is 15.5 Å². The summed E-state index contributed by atoms with van der Waals surface area (Å²) in [6.07, 6.45) is 6.86. The van der Waals surface area contributed by atoms with Gasteiger partial charge in [-0.15, -0.1) is 10.2 Å². The van der Waals surface area contributed by atoms with E-state index in [9.17, 15) is 9.18 Å². The Morgan fingerprint density at radius 2 is 1.75 bits per heavy atom. The second-order valence-corrected chi connectivity index (χ2v) is 12.0. The molecular formula is C31H31Cl2FN4OS. The van der Waals surface area contributed by atoms with Gasteiger partial charge in [0.15, 0.2) is 11.0 Å². The van der Waals surface area contributed by atoms with Gasteiger partial charge in [-0.25, -0.2) is 4.39 Å². The molecule has 1 aliphatic carbocycles. The first-order valence-corrected chi connectivity index (χ1v) is 15.3. The van der Waals surface area contributed by atoms with Crippen LogP contribution in [0.2, 0.25) is 10.0 Å². The van der Waals surface area contributed by atoms with E-state index in [0.717, 1.165) is 17.5 Å². The molecule has 208 valence electrons. The fraction of sp³-hybridized carbons (Fsp3) is 0.323. The summed E-state index contributed by atoms with van der Waals surface area (Å²) in [7, 11) is 0. The zero-order valence-corrected chi connectivity index (χ0v) is 24.4. The van der Waals surface area contributed by atoms with E-state index in [1.54, 1.807) is 24.3 Å². The van der Waals surface area contributed by atoms with Gasteiger partial charge in [0.05, 0.1) is 16.8 Å². The maximum atomic E-state index is 13.4. The van der Waals surface area contributed by atoms with Crippen molar-refractivity contribution >= 4 is 40.9 Å². The summed E-state index contributed by atoms with van der Waals surface area (Å²) in [6.45, 7) is 0. The van der Waals surface area contributed by atoms with Crippen molar-refractivity contribution in [2.24, 2.45) is 5.92 Å². The lowest BCUT2D eigenvalue weighted by Crippen LogP contribution is -2.32. The first-order valence-electron chi connectivity index (χ1n) is 13.6. The van der Waals surface area contributed by atoms with Crippen LogP contribution in [0.5, 0.6) is 0 Å². The van der Waals surface area contributed by atoms with E-state index in [0.29, 0.717) is 51.2 Å². The Labute approximate surface area is 248 Å². The highest BCUT2D eigenvalue weighted by atomic mass is 35.5. The molecule has 5 rings (SSSR count). The minimum atomic E-state index is -0.433. The second-order valence-electron chi connectivity index (χ2n) is 10.2. The Hall–Kier alpha value is -2.87. The average molecular weight is 598 g/mol. The average Bonchev–Trinajstić information content (AvgIpc) is 3.62. The molecule has 9 heteroatoms. The van der Waals surface area contributed by atoms with Crippen molar-refractivity contribution < 1.29 is 9.18 Å². The highest BCUT2D eigenvalue weighted by Crippen LogP contribution is 2.34. The molecule has 4 aromatic rings. The van der Waals surface area contributed by atoms with E-state index in [4.69, 9.17) is 23.2 Å². The Bertz CT molecular complexity index is 1430. The van der Waals surface area contributed by atoms with Crippen molar-refractivity contribution in [3.8, 4) is 5.69 Å². The maximum Gasteiger partial charge on any atom is 0.220 e. The minimum Gasteiger partial charge on any atom is -0.346 e. The normalized spacial score (nSPS) is 14.4. The van der Waals surface area contributed by atoms with Crippen LogP contribution in [0.3, 0.4) is 0 Å². The molecule has 1 amide bonds. The molecule has 40 heavy (non-hydrogen) atoms. The number of nitrogens with zero attached hydrogens (tertiary/aromatic N) is 3. The number of hydrogen-bond acceptors (Lipinski definition) is 4. The molecule has 1 unspecified atom stereocenters. The third-order valence-electron chi connectivity index (χ3n) is 7.27. The number of benzene rings is 3. The highest BCUT2D eigenvalue weighted by Gasteiger charge is 2.26. The molecule has 0 bridgehead atoms. The lowest BCUT2D eigenvalue weighted by molar-refractivity contribution is -0.122. The lowest BCUT2D eigenvalue weighted by Gasteiger charge is -2.21. The van der Waals surface area contributed by atoms with Crippen LogP contribution in [0.1, 0.15) is 61.5 Å². The van der Waals surface area contributed by atoms with Gasteiger partial charge in [-0.1, -0.05) is 103 Å². The first-order chi connectivity index (χ1) is 19.5. The zero-order chi connectivity index (χ0) is 27.9. The number of thioether (sulfide) groups is 1. The molecule has 5 nitrogen and oxygen atoms in total. The predicted molar refractivity (Wildman–Crippen MR) is 160 cm³/mol. The molecule has 1 atom stereocenters. The van der Waals surface area contributed by atoms with E-state index in [1.807, 2.05) is 41.0 Å². The topological polar surface area (TPSA) is 59.8 Å². The van der Waals surface area contributed by atoms with Crippen molar-refractivity contribution in [3.63, 3.8) is 0 Å². The summed E-state index contributed by atoms with van der Waals surface area (Å²) in [4.78, 5) is 13.2. The summed E-state index contributed by atoms with van der Waals surface area (Å²) < 4.78 is 15.3. The van der Waals surface area contributed by atoms with Gasteiger partial charge in [0.1, 0.15) is 5.82 Å². The number of amides is 1. The monoisotopic (exact) mass is 596 g/mol. The molecule has 1 aliphatic rings. The van der Waals surface area contributed by atoms with Crippen LogP contribution < -0.4 is 5.32 Å². The second kappa shape index (κ2) is 13.7. The van der Waals surface area contributed by atoms with Crippen LogP contribution in [0.15, 0.2) is 78.0 Å². The summed E-state index contributed by atoms with van der Waals surface area (Å²) >= 11 is 14.4. The lowest BCUT2D eigenvalue weighted by atomic mass is 10.0. The first kappa shape index (κ1) is 28.7. The molecule has 1 saturated carbocycles. The third kappa shape index (κ3) is 7.45. The smallest absolute Gasteiger partial charge is 0.220 e. The minimum absolute atomic E-state index is 0.00472. The van der Waals surface area contributed by atoms with Gasteiger partial charge in [0, 0.05) is 17.2 Å². The summed E-state index contributed by atoms with van der Waals surface area (Å²) in [5.74, 6) is 1.50. The van der Waals surface area contributed by atoms with Crippen molar-refractivity contribution in [1.82, 2.24) is 20.1 Å². The maximum absolute atomic E-state index is 13.4. The fourth-order valence-corrected chi connectivity index (χ4v) is 6.58. The number of halogens is 3. The SMILES string of the molecule is O=C(CCC1CCCC1)NC(Cc1ccccc1)c1nnc(SCc2ccc(F)cc2)n1-c1ccc(Cl)cc1Cl. The van der Waals surface area contributed by atoms with Gasteiger partial charge in [-0.3, -0.25) is 9.36 Å². The fourth-order valence-electron chi connectivity index (χ4n) is 5.18. The summed E-state index contributed by atoms with van der Waals surface area (Å²) in [5.41, 5.74) is 2.69. The largest absolute Gasteiger partial charge is 0.346 e. The van der Waals surface area contributed by atoms with Gasteiger partial charge >= 0.3 is 0 Å². The Morgan fingerprint density at radius 3 is 2.48 bits per heavy atom. The quantitative estimate of drug-likeness (QED) is 0.177. The van der Waals surface area contributed by atoms with Crippen molar-refractivity contribution in [2.45, 2.75) is 61.9 Å². The van der Waals surface area contributed by atoms with Crippen molar-refractivity contribution in [2.75, 3.05) is 0 Å². The number of hydrogen-bond donors (Lipinski definition) is 1. The predicted octanol–water partition coefficient (Wildman–Crippen LogP) is 8.38. The Morgan fingerprint density at radius 1 is 1.00 bits per heavy atom. The molecule has 1 heterocycles. The summed E-state index contributed by atoms with van der Waals surface area (Å²) in [6, 6.07) is 21.3. The molecular weight excluding hydrogens is 566 g/mol. The summed E-state index contributed by atoms with van der Waals surface area (Å²) in [5, 5.41) is 14.0. The van der Waals surface area contributed by atoms with Crippen LogP contribution in [0.4, 0.5) is 4.39 Å². The molecule has 1 aromatic heterocycles. The molecule has 0 radical (unpaired) electrons. The van der Waals surface area contributed by atoms with Crippen LogP contribution in [0, 0.1) is 11.7 Å². The number of rotatable bonds is 11. The third-order valence-corrected chi connectivity index (χ3v) is 8.81. The standard InChI is InChI=1S/C31H31Cl2FN4OS/c32-24-13-16-28(26(33)19-24)38-30(36-37-31(38)40-20-23-10-14-25(34)15-11-23)27(18-22-8-2-1-3-9-22)35-29(39)17-12-21-6-4-5-7-21/h1-3,8-11,13-16,19,21,27H,4-7,12,17-18,20H2,(H,35,39). The van der Waals surface area contributed by atoms with Crippen LogP contribution in [-0.2, 0) is 17.0 Å². The van der Waals surface area contributed by atoms with Gasteiger partial charge in [0.25, 0.3) is 0 Å². The molecule has 3 aromatic carbocycles. The number of nitrogens with one attached hydrogen (secondary N) is 1. The van der Waals surface area contributed by atoms with Gasteiger partial charge in [-0.05, 0) is 60.2 Å². The van der Waals surface area contributed by atoms with E-state index in [1.165, 1.54) is 49.6 Å². The van der Waals surface area contributed by atoms with Gasteiger partial charge in [-0.2, -0.15) is 0 Å². The molecule has 0 aliphatic heterocycles. The molecule has 0 saturated heterocycles. The van der Waals surface area contributed by atoms with Crippen molar-refractivity contribution in [1.29, 1.82) is 0 Å². The number of aromatic nitrogens is 3. The van der Waals surface area contributed by atoms with Crippen LogP contribution in [0.25, 0.3) is 5.69 Å². The Balaban J connectivity index is 1.47. The van der Waals surface area contributed by atoms with Gasteiger partial charge in [0.2, 0.25) is 5.91 Å². The van der Waals surface area contributed by atoms with Crippen LogP contribution >= 0.6 is 35.0 Å². The van der Waals surface area contributed by atoms with Crippen LogP contribution in [-0.4, -0.2) is 20.7 Å².